The van der Waals surface area contributed by atoms with Crippen LogP contribution in [0.3, 0.4) is 0 Å². The first-order valence-electron chi connectivity index (χ1n) is 7.09. The second-order valence-electron chi connectivity index (χ2n) is 4.63. The number of nitrogens with one attached hydrogen (secondary N) is 2. The molecule has 0 radical (unpaired) electrons. The molecule has 20 heavy (non-hydrogen) atoms. The van der Waals surface area contributed by atoms with Crippen molar-refractivity contribution in [3.63, 3.8) is 0 Å². The van der Waals surface area contributed by atoms with Gasteiger partial charge in [-0.15, -0.1) is 6.58 Å². The van der Waals surface area contributed by atoms with Gasteiger partial charge in [0.2, 0.25) is 0 Å². The molecule has 0 saturated carbocycles. The second-order valence-corrected chi connectivity index (χ2v) is 4.63. The van der Waals surface area contributed by atoms with E-state index in [4.69, 9.17) is 0 Å². The third kappa shape index (κ3) is 6.27. The molecule has 4 heteroatoms. The zero-order valence-electron chi connectivity index (χ0n) is 12.6. The maximum Gasteiger partial charge on any atom is 0.191 e. The Hall–Kier alpha value is -1.97. The Morgan fingerprint density at radius 1 is 1.25 bits per heavy atom. The van der Waals surface area contributed by atoms with Gasteiger partial charge in [-0.2, -0.15) is 0 Å². The van der Waals surface area contributed by atoms with Crippen molar-refractivity contribution in [1.29, 1.82) is 0 Å². The van der Waals surface area contributed by atoms with E-state index in [2.05, 4.69) is 58.4 Å². The lowest BCUT2D eigenvalue weighted by atomic mass is 10.2. The van der Waals surface area contributed by atoms with E-state index in [0.29, 0.717) is 0 Å². The minimum Gasteiger partial charge on any atom is -0.375 e. The summed E-state index contributed by atoms with van der Waals surface area (Å²) < 4.78 is 0. The quantitative estimate of drug-likeness (QED) is 0.330. The topological polar surface area (TPSA) is 39.7 Å². The van der Waals surface area contributed by atoms with Crippen LogP contribution < -0.4 is 15.5 Å². The number of anilines is 1. The number of guanidine groups is 1. The van der Waals surface area contributed by atoms with E-state index in [0.717, 1.165) is 38.4 Å². The van der Waals surface area contributed by atoms with Crippen molar-refractivity contribution >= 4 is 11.6 Å². The summed E-state index contributed by atoms with van der Waals surface area (Å²) in [7, 11) is 3.91. The van der Waals surface area contributed by atoms with Crippen molar-refractivity contribution < 1.29 is 0 Å². The summed E-state index contributed by atoms with van der Waals surface area (Å²) in [6, 6.07) is 10.5. The molecule has 0 aliphatic rings. The third-order valence-corrected chi connectivity index (χ3v) is 3.05. The van der Waals surface area contributed by atoms with Crippen molar-refractivity contribution in [1.82, 2.24) is 10.6 Å². The van der Waals surface area contributed by atoms with Crippen molar-refractivity contribution in [3.05, 3.63) is 43.0 Å². The number of nitrogens with zero attached hydrogens (tertiary/aromatic N) is 2. The Morgan fingerprint density at radius 3 is 2.65 bits per heavy atom. The molecular formula is C16H26N4. The first-order chi connectivity index (χ1) is 9.77. The molecule has 0 spiro atoms. The predicted octanol–water partition coefficient (Wildman–Crippen LogP) is 2.25. The number of hydrogen-bond acceptors (Lipinski definition) is 2. The van der Waals surface area contributed by atoms with Gasteiger partial charge in [0.1, 0.15) is 0 Å². The molecule has 0 saturated heterocycles. The SMILES string of the molecule is C=CCNC(=NC)NCCCCN(C)c1ccccc1. The fourth-order valence-electron chi connectivity index (χ4n) is 1.88. The average molecular weight is 274 g/mol. The van der Waals surface area contributed by atoms with Gasteiger partial charge in [0.05, 0.1) is 0 Å². The normalized spacial score (nSPS) is 11.0. The lowest BCUT2D eigenvalue weighted by Gasteiger charge is -2.19. The summed E-state index contributed by atoms with van der Waals surface area (Å²) in [5, 5.41) is 6.45. The maximum absolute atomic E-state index is 4.14. The third-order valence-electron chi connectivity index (χ3n) is 3.05. The van der Waals surface area contributed by atoms with Crippen molar-refractivity contribution in [2.24, 2.45) is 4.99 Å². The van der Waals surface area contributed by atoms with Crippen LogP contribution in [0.2, 0.25) is 0 Å². The standard InChI is InChI=1S/C16H26N4/c1-4-12-18-16(17-2)19-13-8-9-14-20(3)15-10-6-5-7-11-15/h4-7,10-11H,1,8-9,12-14H2,2-3H3,(H2,17,18,19). The summed E-state index contributed by atoms with van der Waals surface area (Å²) in [5.74, 6) is 0.835. The largest absolute Gasteiger partial charge is 0.375 e. The number of hydrogen-bond donors (Lipinski definition) is 2. The van der Waals surface area contributed by atoms with Crippen LogP contribution in [-0.4, -0.2) is 39.7 Å². The molecule has 0 aliphatic carbocycles. The summed E-state index contributed by atoms with van der Waals surface area (Å²) in [6.45, 7) is 6.40. The van der Waals surface area contributed by atoms with Crippen LogP contribution in [0.4, 0.5) is 5.69 Å². The van der Waals surface area contributed by atoms with Crippen molar-refractivity contribution in [2.75, 3.05) is 38.6 Å². The number of para-hydroxylation sites is 1. The lowest BCUT2D eigenvalue weighted by molar-refractivity contribution is 0.690. The van der Waals surface area contributed by atoms with E-state index in [1.807, 2.05) is 12.1 Å². The maximum atomic E-state index is 4.14. The predicted molar refractivity (Wildman–Crippen MR) is 88.5 cm³/mol. The molecule has 4 nitrogen and oxygen atoms in total. The van der Waals surface area contributed by atoms with Crippen LogP contribution in [0, 0.1) is 0 Å². The molecule has 0 fully saturated rings. The Bertz CT molecular complexity index is 400. The number of aliphatic imine (C=N–C) groups is 1. The van der Waals surface area contributed by atoms with Gasteiger partial charge in [-0.3, -0.25) is 4.99 Å². The molecular weight excluding hydrogens is 248 g/mol. The number of rotatable bonds is 8. The van der Waals surface area contributed by atoms with Crippen LogP contribution in [0.15, 0.2) is 48.0 Å². The summed E-state index contributed by atoms with van der Waals surface area (Å²) in [4.78, 5) is 6.42. The van der Waals surface area contributed by atoms with Crippen LogP contribution in [0.1, 0.15) is 12.8 Å². The molecule has 1 aromatic rings. The molecule has 0 bridgehead atoms. The lowest BCUT2D eigenvalue weighted by Crippen LogP contribution is -2.37. The zero-order valence-corrected chi connectivity index (χ0v) is 12.6. The molecule has 0 heterocycles. The van der Waals surface area contributed by atoms with Gasteiger partial charge >= 0.3 is 0 Å². The molecule has 0 unspecified atom stereocenters. The molecule has 0 aliphatic heterocycles. The minimum atomic E-state index is 0.733. The van der Waals surface area contributed by atoms with Crippen molar-refractivity contribution in [3.8, 4) is 0 Å². The average Bonchev–Trinajstić information content (AvgIpc) is 2.50. The highest BCUT2D eigenvalue weighted by Gasteiger charge is 1.99. The first-order valence-corrected chi connectivity index (χ1v) is 7.09. The summed E-state index contributed by atoms with van der Waals surface area (Å²) in [6.07, 6.45) is 4.09. The second kappa shape index (κ2) is 9.89. The minimum absolute atomic E-state index is 0.733. The van der Waals surface area contributed by atoms with E-state index >= 15 is 0 Å². The van der Waals surface area contributed by atoms with Crippen molar-refractivity contribution in [2.45, 2.75) is 12.8 Å². The van der Waals surface area contributed by atoms with Crippen LogP contribution in [-0.2, 0) is 0 Å². The number of unbranched alkanes of at least 4 members (excludes halogenated alkanes) is 1. The van der Waals surface area contributed by atoms with Gasteiger partial charge in [-0.1, -0.05) is 24.3 Å². The molecule has 0 aromatic heterocycles. The smallest absolute Gasteiger partial charge is 0.191 e. The van der Waals surface area contributed by atoms with Gasteiger partial charge in [-0.25, -0.2) is 0 Å². The zero-order chi connectivity index (χ0) is 14.6. The van der Waals surface area contributed by atoms with E-state index < -0.39 is 0 Å². The van der Waals surface area contributed by atoms with Gasteiger partial charge in [-0.05, 0) is 25.0 Å². The molecule has 1 aromatic carbocycles. The van der Waals surface area contributed by atoms with Gasteiger partial charge in [0, 0.05) is 39.4 Å². The highest BCUT2D eigenvalue weighted by Crippen LogP contribution is 2.11. The van der Waals surface area contributed by atoms with Crippen LogP contribution in [0.25, 0.3) is 0 Å². The van der Waals surface area contributed by atoms with Gasteiger partial charge < -0.3 is 15.5 Å². The summed E-state index contributed by atoms with van der Waals surface area (Å²) in [5.41, 5.74) is 1.27. The van der Waals surface area contributed by atoms with E-state index in [9.17, 15) is 0 Å². The Balaban J connectivity index is 2.14. The van der Waals surface area contributed by atoms with E-state index in [1.165, 1.54) is 5.69 Å². The molecule has 0 amide bonds. The van der Waals surface area contributed by atoms with Gasteiger partial charge in [0.25, 0.3) is 0 Å². The Morgan fingerprint density at radius 2 is 2.00 bits per heavy atom. The fraction of sp³-hybridized carbons (Fsp3) is 0.438. The van der Waals surface area contributed by atoms with Crippen LogP contribution >= 0.6 is 0 Å². The fourth-order valence-corrected chi connectivity index (χ4v) is 1.88. The van der Waals surface area contributed by atoms with E-state index in [1.54, 1.807) is 7.05 Å². The molecule has 2 N–H and O–H groups in total. The van der Waals surface area contributed by atoms with Gasteiger partial charge in [0.15, 0.2) is 5.96 Å². The Kier molecular flexibility index (Phi) is 7.96. The highest BCUT2D eigenvalue weighted by atomic mass is 15.2. The molecule has 0 atom stereocenters. The number of benzene rings is 1. The molecule has 1 rings (SSSR count). The van der Waals surface area contributed by atoms with Crippen LogP contribution in [0.5, 0.6) is 0 Å². The first kappa shape index (κ1) is 16.1. The monoisotopic (exact) mass is 274 g/mol. The van der Waals surface area contributed by atoms with E-state index in [-0.39, 0.29) is 0 Å². The summed E-state index contributed by atoms with van der Waals surface area (Å²) >= 11 is 0. The Labute approximate surface area is 122 Å². The molecule has 110 valence electrons. The highest BCUT2D eigenvalue weighted by molar-refractivity contribution is 5.79.